The van der Waals surface area contributed by atoms with Crippen LogP contribution in [-0.2, 0) is 13.6 Å². The minimum Gasteiger partial charge on any atom is -0.308 e. The van der Waals surface area contributed by atoms with Crippen molar-refractivity contribution in [3.8, 4) is 0 Å². The van der Waals surface area contributed by atoms with Crippen molar-refractivity contribution in [2.24, 2.45) is 0 Å². The molecule has 0 unspecified atom stereocenters. The van der Waals surface area contributed by atoms with E-state index in [0.717, 1.165) is 0 Å². The highest BCUT2D eigenvalue weighted by molar-refractivity contribution is 7.41. The van der Waals surface area contributed by atoms with Crippen LogP contribution in [0.2, 0.25) is 0 Å². The van der Waals surface area contributed by atoms with Crippen molar-refractivity contribution in [1.29, 1.82) is 0 Å². The van der Waals surface area contributed by atoms with Crippen molar-refractivity contribution in [3.05, 3.63) is 34.8 Å². The van der Waals surface area contributed by atoms with Crippen LogP contribution in [0.25, 0.3) is 0 Å². The molecule has 0 spiro atoms. The van der Waals surface area contributed by atoms with Gasteiger partial charge >= 0.3 is 8.60 Å². The summed E-state index contributed by atoms with van der Waals surface area (Å²) in [7, 11) is -1.43. The van der Waals surface area contributed by atoms with Crippen LogP contribution in [-0.4, -0.2) is 19.8 Å². The van der Waals surface area contributed by atoms with E-state index < -0.39 is 8.60 Å². The fraction of sp³-hybridized carbons (Fsp3) is 0.333. The number of rotatable bonds is 9. The zero-order chi connectivity index (χ0) is 12.1. The van der Waals surface area contributed by atoms with E-state index in [1.54, 1.807) is 18.2 Å². The van der Waals surface area contributed by atoms with Crippen LogP contribution in [0.3, 0.4) is 0 Å². The van der Waals surface area contributed by atoms with Gasteiger partial charge in [0.15, 0.2) is 0 Å². The van der Waals surface area contributed by atoms with E-state index in [2.05, 4.69) is 0 Å². The molecule has 0 atom stereocenters. The lowest BCUT2D eigenvalue weighted by Crippen LogP contribution is -1.96. The molecule has 3 nitrogen and oxygen atoms in total. The van der Waals surface area contributed by atoms with Gasteiger partial charge in [0.25, 0.3) is 0 Å². The van der Waals surface area contributed by atoms with Crippen LogP contribution in [0.4, 0.5) is 0 Å². The van der Waals surface area contributed by atoms with Crippen LogP contribution in [0, 0.1) is 0 Å². The zero-order valence-electron chi connectivity index (χ0n) is 8.39. The molecule has 0 aromatic carbocycles. The molecule has 0 aliphatic carbocycles. The smallest absolute Gasteiger partial charge is 0.308 e. The van der Waals surface area contributed by atoms with E-state index in [0.29, 0.717) is 19.8 Å². The van der Waals surface area contributed by atoms with Crippen molar-refractivity contribution in [1.82, 2.24) is 0 Å². The molecule has 0 aliphatic heterocycles. The first kappa shape index (κ1) is 16.4. The predicted octanol–water partition coefficient (Wildman–Crippen LogP) is 4.52. The van der Waals surface area contributed by atoms with Crippen molar-refractivity contribution >= 4 is 43.4 Å². The Morgan fingerprint density at radius 2 is 1.00 bits per heavy atom. The average Bonchev–Trinajstić information content (AvgIpc) is 2.29. The molecule has 0 amide bonds. The molecule has 0 heterocycles. The van der Waals surface area contributed by atoms with E-state index in [9.17, 15) is 0 Å². The van der Waals surface area contributed by atoms with Crippen LogP contribution < -0.4 is 0 Å². The van der Waals surface area contributed by atoms with Gasteiger partial charge in [0.05, 0.1) is 19.8 Å². The summed E-state index contributed by atoms with van der Waals surface area (Å²) in [5, 5.41) is 0. The number of hydrogen-bond donors (Lipinski definition) is 0. The Kier molecular flexibility index (Phi) is 13.8. The summed E-state index contributed by atoms with van der Waals surface area (Å²) in [6.45, 7) is 0.971. The summed E-state index contributed by atoms with van der Waals surface area (Å²) in [6.07, 6.45) is 4.91. The van der Waals surface area contributed by atoms with Crippen LogP contribution in [0.15, 0.2) is 34.8 Å². The van der Waals surface area contributed by atoms with Crippen LogP contribution in [0.5, 0.6) is 0 Å². The van der Waals surface area contributed by atoms with Crippen molar-refractivity contribution in [3.63, 3.8) is 0 Å². The summed E-state index contributed by atoms with van der Waals surface area (Å²) in [6, 6.07) is 0. The largest absolute Gasteiger partial charge is 0.333 e. The lowest BCUT2D eigenvalue weighted by molar-refractivity contribution is 0.194. The summed E-state index contributed by atoms with van der Waals surface area (Å²) < 4.78 is 15.8. The minimum absolute atomic E-state index is 0.324. The first-order valence-corrected chi connectivity index (χ1v) is 6.70. The van der Waals surface area contributed by atoms with Crippen LogP contribution >= 0.6 is 43.4 Å². The molecule has 0 fully saturated rings. The third-order valence-electron chi connectivity index (χ3n) is 1.10. The second-order valence-electron chi connectivity index (χ2n) is 2.20. The highest BCUT2D eigenvalue weighted by Crippen LogP contribution is 2.39. The molecule has 0 aromatic heterocycles. The lowest BCUT2D eigenvalue weighted by atomic mass is 10.7. The van der Waals surface area contributed by atoms with Crippen molar-refractivity contribution in [2.75, 3.05) is 19.8 Å². The number of hydrogen-bond acceptors (Lipinski definition) is 3. The van der Waals surface area contributed by atoms with Gasteiger partial charge in [0.2, 0.25) is 0 Å². The molecule has 0 rings (SSSR count). The molecule has 0 aromatic rings. The monoisotopic (exact) mass is 304 g/mol. The molecule has 7 heteroatoms. The summed E-state index contributed by atoms with van der Waals surface area (Å²) >= 11 is 16.0. The topological polar surface area (TPSA) is 27.7 Å². The van der Waals surface area contributed by atoms with Gasteiger partial charge in [-0.2, -0.15) is 0 Å². The van der Waals surface area contributed by atoms with Gasteiger partial charge in [-0.25, -0.2) is 0 Å². The lowest BCUT2D eigenvalue weighted by Gasteiger charge is -2.13. The second-order valence-corrected chi connectivity index (χ2v) is 4.17. The highest BCUT2D eigenvalue weighted by atomic mass is 35.5. The molecule has 92 valence electrons. The van der Waals surface area contributed by atoms with Gasteiger partial charge in [-0.1, -0.05) is 34.8 Å². The molecule has 0 bridgehead atoms. The molecular weight excluding hydrogens is 293 g/mol. The Labute approximate surface area is 112 Å². The van der Waals surface area contributed by atoms with E-state index in [4.69, 9.17) is 48.4 Å². The molecule has 0 N–H and O–H groups in total. The Morgan fingerprint density at radius 1 is 0.688 bits per heavy atom. The number of halogens is 3. The van der Waals surface area contributed by atoms with Gasteiger partial charge in [0, 0.05) is 16.6 Å². The fourth-order valence-corrected chi connectivity index (χ4v) is 1.60. The van der Waals surface area contributed by atoms with Gasteiger partial charge in [-0.15, -0.1) is 0 Å². The maximum Gasteiger partial charge on any atom is 0.333 e. The maximum absolute atomic E-state index is 5.35. The van der Waals surface area contributed by atoms with E-state index in [1.807, 2.05) is 0 Å². The normalized spacial score (nSPS) is 14.4. The van der Waals surface area contributed by atoms with Crippen molar-refractivity contribution in [2.45, 2.75) is 0 Å². The summed E-state index contributed by atoms with van der Waals surface area (Å²) in [4.78, 5) is 0. The average molecular weight is 306 g/mol. The molecule has 0 radical (unpaired) electrons. The zero-order valence-corrected chi connectivity index (χ0v) is 11.6. The molecule has 0 aliphatic rings. The first-order valence-electron chi connectivity index (χ1n) is 4.29. The van der Waals surface area contributed by atoms with Gasteiger partial charge in [-0.3, -0.25) is 0 Å². The minimum atomic E-state index is -1.43. The molecule has 0 saturated heterocycles. The van der Waals surface area contributed by atoms with E-state index in [-0.39, 0.29) is 0 Å². The van der Waals surface area contributed by atoms with E-state index in [1.165, 1.54) is 16.6 Å². The van der Waals surface area contributed by atoms with Gasteiger partial charge in [-0.05, 0) is 18.2 Å². The fourth-order valence-electron chi connectivity index (χ4n) is 0.533. The predicted molar refractivity (Wildman–Crippen MR) is 69.8 cm³/mol. The quantitative estimate of drug-likeness (QED) is 0.586. The van der Waals surface area contributed by atoms with Gasteiger partial charge < -0.3 is 13.6 Å². The Bertz CT molecular complexity index is 196. The first-order chi connectivity index (χ1) is 7.85. The highest BCUT2D eigenvalue weighted by Gasteiger charge is 2.09. The Balaban J connectivity index is 3.84. The Morgan fingerprint density at radius 3 is 1.25 bits per heavy atom. The molecular formula is C9H12Cl3O3P. The molecule has 0 saturated carbocycles. The SMILES string of the molecule is ClC=CCOP(OCC=CCl)OCC=CCl. The molecule has 16 heavy (non-hydrogen) atoms. The summed E-state index contributed by atoms with van der Waals surface area (Å²) in [5.74, 6) is 0. The van der Waals surface area contributed by atoms with Gasteiger partial charge in [0.1, 0.15) is 0 Å². The van der Waals surface area contributed by atoms with E-state index >= 15 is 0 Å². The third kappa shape index (κ3) is 10.9. The van der Waals surface area contributed by atoms with Crippen molar-refractivity contribution < 1.29 is 13.6 Å². The standard InChI is InChI=1S/C9H12Cl3O3P/c10-4-1-7-13-16(14-8-2-5-11)15-9-3-6-12/h1-6H,7-9H2. The third-order valence-corrected chi connectivity index (χ3v) is 2.71. The van der Waals surface area contributed by atoms with Crippen LogP contribution in [0.1, 0.15) is 0 Å². The Hall–Kier alpha value is 0.400. The maximum atomic E-state index is 5.35. The summed E-state index contributed by atoms with van der Waals surface area (Å²) in [5.41, 5.74) is 4.10. The second kappa shape index (κ2) is 13.5.